The summed E-state index contributed by atoms with van der Waals surface area (Å²) >= 11 is 5.99. The van der Waals surface area contributed by atoms with Crippen molar-refractivity contribution in [3.8, 4) is 0 Å². The van der Waals surface area contributed by atoms with Gasteiger partial charge in [-0.25, -0.2) is 0 Å². The van der Waals surface area contributed by atoms with Crippen molar-refractivity contribution in [2.24, 2.45) is 5.92 Å². The van der Waals surface area contributed by atoms with Gasteiger partial charge in [0.25, 0.3) is 5.91 Å². The first-order valence-electron chi connectivity index (χ1n) is 5.71. The SMILES string of the molecule is O=CC1CCN(C(=O)c2ccccc2Cl)CC1. The zero-order valence-electron chi connectivity index (χ0n) is 9.43. The molecular weight excluding hydrogens is 238 g/mol. The molecule has 90 valence electrons. The third kappa shape index (κ3) is 2.67. The zero-order chi connectivity index (χ0) is 12.3. The van der Waals surface area contributed by atoms with Crippen molar-refractivity contribution in [3.63, 3.8) is 0 Å². The number of nitrogens with zero attached hydrogens (tertiary/aromatic N) is 1. The molecule has 0 spiro atoms. The average molecular weight is 252 g/mol. The van der Waals surface area contributed by atoms with E-state index in [1.54, 1.807) is 29.2 Å². The van der Waals surface area contributed by atoms with Crippen LogP contribution < -0.4 is 0 Å². The van der Waals surface area contributed by atoms with Crippen LogP contribution >= 0.6 is 11.6 Å². The van der Waals surface area contributed by atoms with Crippen molar-refractivity contribution >= 4 is 23.8 Å². The predicted molar refractivity (Wildman–Crippen MR) is 66.1 cm³/mol. The second-order valence-corrected chi connectivity index (χ2v) is 4.65. The molecule has 0 bridgehead atoms. The lowest BCUT2D eigenvalue weighted by Crippen LogP contribution is -2.38. The van der Waals surface area contributed by atoms with Gasteiger partial charge < -0.3 is 9.69 Å². The Morgan fingerprint density at radius 2 is 1.94 bits per heavy atom. The van der Waals surface area contributed by atoms with Gasteiger partial charge in [-0.15, -0.1) is 0 Å². The molecule has 0 unspecified atom stereocenters. The van der Waals surface area contributed by atoms with E-state index in [2.05, 4.69) is 0 Å². The fourth-order valence-corrected chi connectivity index (χ4v) is 2.26. The van der Waals surface area contributed by atoms with E-state index in [0.717, 1.165) is 19.1 Å². The summed E-state index contributed by atoms with van der Waals surface area (Å²) in [5.74, 6) is 0.0604. The molecule has 4 heteroatoms. The van der Waals surface area contributed by atoms with Crippen LogP contribution in [0.2, 0.25) is 5.02 Å². The Hall–Kier alpha value is -1.35. The van der Waals surface area contributed by atoms with E-state index in [9.17, 15) is 9.59 Å². The number of carbonyl (C=O) groups excluding carboxylic acids is 2. The Bertz CT molecular complexity index is 425. The highest BCUT2D eigenvalue weighted by atomic mass is 35.5. The largest absolute Gasteiger partial charge is 0.339 e. The van der Waals surface area contributed by atoms with Gasteiger partial charge in [0.1, 0.15) is 6.29 Å². The van der Waals surface area contributed by atoms with Crippen molar-refractivity contribution in [1.82, 2.24) is 4.90 Å². The fraction of sp³-hybridized carbons (Fsp3) is 0.385. The molecule has 17 heavy (non-hydrogen) atoms. The average Bonchev–Trinajstić information content (AvgIpc) is 2.39. The van der Waals surface area contributed by atoms with E-state index in [0.29, 0.717) is 23.7 Å². The van der Waals surface area contributed by atoms with Crippen LogP contribution in [0.1, 0.15) is 23.2 Å². The molecule has 1 aliphatic rings. The van der Waals surface area contributed by atoms with Crippen LogP contribution in [0.3, 0.4) is 0 Å². The Morgan fingerprint density at radius 3 is 2.53 bits per heavy atom. The topological polar surface area (TPSA) is 37.4 Å². The maximum atomic E-state index is 12.2. The highest BCUT2D eigenvalue weighted by molar-refractivity contribution is 6.33. The molecule has 0 radical (unpaired) electrons. The first kappa shape index (κ1) is 12.1. The van der Waals surface area contributed by atoms with Crippen molar-refractivity contribution in [3.05, 3.63) is 34.9 Å². The smallest absolute Gasteiger partial charge is 0.255 e. The van der Waals surface area contributed by atoms with Gasteiger partial charge in [-0.05, 0) is 25.0 Å². The summed E-state index contributed by atoms with van der Waals surface area (Å²) in [5, 5.41) is 0.481. The van der Waals surface area contributed by atoms with Gasteiger partial charge in [-0.1, -0.05) is 23.7 Å². The van der Waals surface area contributed by atoms with Gasteiger partial charge in [-0.3, -0.25) is 4.79 Å². The van der Waals surface area contributed by atoms with Crippen LogP contribution in [-0.2, 0) is 4.79 Å². The Morgan fingerprint density at radius 1 is 1.29 bits per heavy atom. The number of likely N-dealkylation sites (tertiary alicyclic amines) is 1. The van der Waals surface area contributed by atoms with E-state index < -0.39 is 0 Å². The standard InChI is InChI=1S/C13H14ClNO2/c14-12-4-2-1-3-11(12)13(17)15-7-5-10(9-16)6-8-15/h1-4,9-10H,5-8H2. The molecule has 1 aliphatic heterocycles. The van der Waals surface area contributed by atoms with Gasteiger partial charge in [0.15, 0.2) is 0 Å². The molecule has 1 amide bonds. The number of rotatable bonds is 2. The fourth-order valence-electron chi connectivity index (χ4n) is 2.04. The summed E-state index contributed by atoms with van der Waals surface area (Å²) in [5.41, 5.74) is 0.540. The lowest BCUT2D eigenvalue weighted by Gasteiger charge is -2.29. The minimum atomic E-state index is -0.0417. The van der Waals surface area contributed by atoms with Gasteiger partial charge in [0.2, 0.25) is 0 Å². The maximum Gasteiger partial charge on any atom is 0.255 e. The van der Waals surface area contributed by atoms with E-state index >= 15 is 0 Å². The highest BCUT2D eigenvalue weighted by Crippen LogP contribution is 2.21. The molecule has 0 N–H and O–H groups in total. The van der Waals surface area contributed by atoms with Gasteiger partial charge in [0, 0.05) is 19.0 Å². The number of hydrogen-bond acceptors (Lipinski definition) is 2. The van der Waals surface area contributed by atoms with Crippen LogP contribution in [0, 0.1) is 5.92 Å². The number of amides is 1. The minimum Gasteiger partial charge on any atom is -0.339 e. The molecule has 0 atom stereocenters. The number of benzene rings is 1. The Labute approximate surface area is 105 Å². The van der Waals surface area contributed by atoms with Crippen LogP contribution in [0.25, 0.3) is 0 Å². The van der Waals surface area contributed by atoms with Crippen LogP contribution in [0.15, 0.2) is 24.3 Å². The van der Waals surface area contributed by atoms with Crippen LogP contribution in [-0.4, -0.2) is 30.2 Å². The van der Waals surface area contributed by atoms with Gasteiger partial charge in [-0.2, -0.15) is 0 Å². The molecule has 1 aromatic rings. The van der Waals surface area contributed by atoms with Crippen LogP contribution in [0.4, 0.5) is 0 Å². The van der Waals surface area contributed by atoms with Gasteiger partial charge in [0.05, 0.1) is 10.6 Å². The van der Waals surface area contributed by atoms with Crippen molar-refractivity contribution in [1.29, 1.82) is 0 Å². The molecule has 0 saturated carbocycles. The van der Waals surface area contributed by atoms with Crippen molar-refractivity contribution < 1.29 is 9.59 Å². The summed E-state index contributed by atoms with van der Waals surface area (Å²) in [4.78, 5) is 24.6. The molecule has 1 heterocycles. The van der Waals surface area contributed by atoms with E-state index in [-0.39, 0.29) is 11.8 Å². The summed E-state index contributed by atoms with van der Waals surface area (Å²) in [7, 11) is 0. The number of carbonyl (C=O) groups is 2. The summed E-state index contributed by atoms with van der Waals surface area (Å²) in [6, 6.07) is 7.05. The number of halogens is 1. The molecule has 1 fully saturated rings. The van der Waals surface area contributed by atoms with E-state index in [1.807, 2.05) is 0 Å². The maximum absolute atomic E-state index is 12.2. The number of piperidine rings is 1. The third-order valence-corrected chi connectivity index (χ3v) is 3.45. The lowest BCUT2D eigenvalue weighted by molar-refractivity contribution is -0.112. The molecule has 3 nitrogen and oxygen atoms in total. The van der Waals surface area contributed by atoms with E-state index in [1.165, 1.54) is 0 Å². The summed E-state index contributed by atoms with van der Waals surface area (Å²) in [6.07, 6.45) is 2.48. The van der Waals surface area contributed by atoms with Crippen molar-refractivity contribution in [2.45, 2.75) is 12.8 Å². The second-order valence-electron chi connectivity index (χ2n) is 4.25. The first-order chi connectivity index (χ1) is 8.22. The molecule has 1 saturated heterocycles. The number of hydrogen-bond donors (Lipinski definition) is 0. The third-order valence-electron chi connectivity index (χ3n) is 3.12. The summed E-state index contributed by atoms with van der Waals surface area (Å²) in [6.45, 7) is 1.26. The highest BCUT2D eigenvalue weighted by Gasteiger charge is 2.24. The predicted octanol–water partition coefficient (Wildman–Crippen LogP) is 2.39. The quantitative estimate of drug-likeness (QED) is 0.757. The van der Waals surface area contributed by atoms with Gasteiger partial charge >= 0.3 is 0 Å². The zero-order valence-corrected chi connectivity index (χ0v) is 10.2. The second kappa shape index (κ2) is 5.32. The molecular formula is C13H14ClNO2. The monoisotopic (exact) mass is 251 g/mol. The Kier molecular flexibility index (Phi) is 3.79. The minimum absolute atomic E-state index is 0.0417. The molecule has 0 aromatic heterocycles. The lowest BCUT2D eigenvalue weighted by atomic mass is 9.98. The normalized spacial score (nSPS) is 16.9. The molecule has 0 aliphatic carbocycles. The van der Waals surface area contributed by atoms with E-state index in [4.69, 9.17) is 11.6 Å². The first-order valence-corrected chi connectivity index (χ1v) is 6.09. The summed E-state index contributed by atoms with van der Waals surface area (Å²) < 4.78 is 0. The molecule has 1 aromatic carbocycles. The van der Waals surface area contributed by atoms with Crippen LogP contribution in [0.5, 0.6) is 0 Å². The molecule has 2 rings (SSSR count). The Balaban J connectivity index is 2.07. The van der Waals surface area contributed by atoms with Crippen molar-refractivity contribution in [2.75, 3.05) is 13.1 Å². The number of aldehydes is 1.